The molecule has 2 heterocycles. The van der Waals surface area contributed by atoms with Gasteiger partial charge < -0.3 is 14.8 Å². The van der Waals surface area contributed by atoms with E-state index >= 15 is 0 Å². The summed E-state index contributed by atoms with van der Waals surface area (Å²) in [5, 5.41) is 2.83. The number of carbonyl (C=O) groups excluding carboxylic acids is 1. The number of amides is 1. The van der Waals surface area contributed by atoms with Crippen LogP contribution < -0.4 is 5.32 Å². The first-order valence-electron chi connectivity index (χ1n) is 7.12. The third kappa shape index (κ3) is 3.65. The molecule has 1 aliphatic rings. The van der Waals surface area contributed by atoms with Crippen LogP contribution >= 0.6 is 0 Å². The summed E-state index contributed by atoms with van der Waals surface area (Å²) in [6.07, 6.45) is 1.76. The topological polar surface area (TPSA) is 87.5 Å². The molecule has 0 bridgehead atoms. The predicted octanol–water partition coefficient (Wildman–Crippen LogP) is -0.971. The average molecular weight is 329 g/mol. The van der Waals surface area contributed by atoms with Gasteiger partial charge in [0.15, 0.2) is 5.82 Å². The van der Waals surface area contributed by atoms with E-state index in [1.807, 2.05) is 19.0 Å². The zero-order valence-electron chi connectivity index (χ0n) is 13.5. The molecule has 0 aromatic carbocycles. The molecule has 124 valence electrons. The molecule has 0 aliphatic carbocycles. The Kier molecular flexibility index (Phi) is 4.88. The maximum atomic E-state index is 12.2. The number of nitrogens with one attached hydrogen (secondary N) is 1. The van der Waals surface area contributed by atoms with Gasteiger partial charge in [-0.05, 0) is 14.1 Å². The normalized spacial score (nSPS) is 15.9. The average Bonchev–Trinajstić information content (AvgIpc) is 2.74. The molecule has 1 amide bonds. The summed E-state index contributed by atoms with van der Waals surface area (Å²) in [7, 11) is 2.43. The van der Waals surface area contributed by atoms with Crippen LogP contribution in [0.25, 0.3) is 0 Å². The van der Waals surface area contributed by atoms with Crippen molar-refractivity contribution in [2.45, 2.75) is 13.0 Å². The summed E-state index contributed by atoms with van der Waals surface area (Å²) in [6, 6.07) is 0. The fraction of sp³-hybridized carbons (Fsp3) is 0.692. The van der Waals surface area contributed by atoms with Gasteiger partial charge in [0.25, 0.3) is 5.91 Å². The zero-order chi connectivity index (χ0) is 16.5. The summed E-state index contributed by atoms with van der Waals surface area (Å²) >= 11 is 0. The maximum absolute atomic E-state index is 12.2. The number of carbonyl (C=O) groups is 1. The standard InChI is InChI=1S/C13H23N5O3S/c1-16(2)8-6-14-13(19)12-15-10-9-18(22(4,20)21)7-5-11(10)17(12)3/h5-9H2,1-4H3,(H,14,19). The lowest BCUT2D eigenvalue weighted by molar-refractivity contribution is 0.0937. The van der Waals surface area contributed by atoms with Gasteiger partial charge in [-0.3, -0.25) is 4.79 Å². The maximum Gasteiger partial charge on any atom is 0.287 e. The number of nitrogens with zero attached hydrogens (tertiary/aromatic N) is 4. The van der Waals surface area contributed by atoms with Crippen LogP contribution in [0.5, 0.6) is 0 Å². The Labute approximate surface area is 131 Å². The molecule has 0 radical (unpaired) electrons. The highest BCUT2D eigenvalue weighted by molar-refractivity contribution is 7.88. The van der Waals surface area contributed by atoms with Crippen LogP contribution in [-0.4, -0.2) is 73.1 Å². The molecular weight excluding hydrogens is 306 g/mol. The lowest BCUT2D eigenvalue weighted by Gasteiger charge is -2.24. The molecule has 0 fully saturated rings. The summed E-state index contributed by atoms with van der Waals surface area (Å²) in [5.41, 5.74) is 1.59. The van der Waals surface area contributed by atoms with Crippen LogP contribution in [0.3, 0.4) is 0 Å². The van der Waals surface area contributed by atoms with E-state index in [0.29, 0.717) is 31.0 Å². The first-order chi connectivity index (χ1) is 10.2. The first-order valence-corrected chi connectivity index (χ1v) is 8.97. The Morgan fingerprint density at radius 1 is 1.41 bits per heavy atom. The van der Waals surface area contributed by atoms with Crippen LogP contribution in [0.15, 0.2) is 0 Å². The summed E-state index contributed by atoms with van der Waals surface area (Å²) in [4.78, 5) is 18.5. The fourth-order valence-electron chi connectivity index (χ4n) is 2.46. The first kappa shape index (κ1) is 16.9. The number of imidazole rings is 1. The van der Waals surface area contributed by atoms with Crippen molar-refractivity contribution in [1.29, 1.82) is 0 Å². The van der Waals surface area contributed by atoms with Gasteiger partial charge in [0.05, 0.1) is 18.5 Å². The summed E-state index contributed by atoms with van der Waals surface area (Å²) in [6.45, 7) is 1.94. The second-order valence-electron chi connectivity index (χ2n) is 5.79. The molecule has 1 aromatic heterocycles. The van der Waals surface area contributed by atoms with E-state index in [0.717, 1.165) is 12.2 Å². The number of rotatable bonds is 5. The van der Waals surface area contributed by atoms with E-state index in [9.17, 15) is 13.2 Å². The van der Waals surface area contributed by atoms with Gasteiger partial charge in [-0.2, -0.15) is 4.31 Å². The zero-order valence-corrected chi connectivity index (χ0v) is 14.3. The summed E-state index contributed by atoms with van der Waals surface area (Å²) in [5.74, 6) is 0.101. The van der Waals surface area contributed by atoms with Gasteiger partial charge in [-0.1, -0.05) is 0 Å². The highest BCUT2D eigenvalue weighted by Gasteiger charge is 2.28. The molecular formula is C13H23N5O3S. The lowest BCUT2D eigenvalue weighted by Crippen LogP contribution is -2.35. The number of aromatic nitrogens is 2. The van der Waals surface area contributed by atoms with Gasteiger partial charge in [-0.15, -0.1) is 0 Å². The third-order valence-electron chi connectivity index (χ3n) is 3.74. The SMILES string of the molecule is CN(C)CCNC(=O)c1nc2c(n1C)CCN(S(C)(=O)=O)C2. The molecule has 8 nitrogen and oxygen atoms in total. The largest absolute Gasteiger partial charge is 0.348 e. The predicted molar refractivity (Wildman–Crippen MR) is 83.1 cm³/mol. The van der Waals surface area contributed by atoms with E-state index in [1.165, 1.54) is 10.6 Å². The van der Waals surface area contributed by atoms with Gasteiger partial charge in [0.2, 0.25) is 10.0 Å². The van der Waals surface area contributed by atoms with Crippen molar-refractivity contribution < 1.29 is 13.2 Å². The number of fused-ring (bicyclic) bond motifs is 1. The van der Waals surface area contributed by atoms with Crippen molar-refractivity contribution in [2.24, 2.45) is 7.05 Å². The van der Waals surface area contributed by atoms with E-state index in [2.05, 4.69) is 10.3 Å². The highest BCUT2D eigenvalue weighted by atomic mass is 32.2. The molecule has 0 atom stereocenters. The van der Waals surface area contributed by atoms with E-state index in [-0.39, 0.29) is 12.5 Å². The number of likely N-dealkylation sites (N-methyl/N-ethyl adjacent to an activating group) is 1. The van der Waals surface area contributed by atoms with Crippen molar-refractivity contribution in [3.63, 3.8) is 0 Å². The minimum absolute atomic E-state index is 0.229. The Morgan fingerprint density at radius 3 is 2.68 bits per heavy atom. The Morgan fingerprint density at radius 2 is 2.09 bits per heavy atom. The smallest absolute Gasteiger partial charge is 0.287 e. The highest BCUT2D eigenvalue weighted by Crippen LogP contribution is 2.21. The monoisotopic (exact) mass is 329 g/mol. The minimum atomic E-state index is -3.24. The molecule has 9 heteroatoms. The Balaban J connectivity index is 2.13. The molecule has 1 aliphatic heterocycles. The second kappa shape index (κ2) is 6.35. The molecule has 22 heavy (non-hydrogen) atoms. The van der Waals surface area contributed by atoms with E-state index in [1.54, 1.807) is 11.6 Å². The van der Waals surface area contributed by atoms with Gasteiger partial charge in [0.1, 0.15) is 0 Å². The van der Waals surface area contributed by atoms with Crippen molar-refractivity contribution in [2.75, 3.05) is 40.0 Å². The van der Waals surface area contributed by atoms with Gasteiger partial charge >= 0.3 is 0 Å². The van der Waals surface area contributed by atoms with Crippen molar-refractivity contribution >= 4 is 15.9 Å². The number of hydrogen-bond donors (Lipinski definition) is 1. The quantitative estimate of drug-likeness (QED) is 0.751. The molecule has 2 rings (SSSR count). The molecule has 0 spiro atoms. The van der Waals surface area contributed by atoms with E-state index in [4.69, 9.17) is 0 Å². The van der Waals surface area contributed by atoms with Crippen molar-refractivity contribution in [3.8, 4) is 0 Å². The van der Waals surface area contributed by atoms with Crippen LogP contribution in [0.2, 0.25) is 0 Å². The molecule has 1 N–H and O–H groups in total. The second-order valence-corrected chi connectivity index (χ2v) is 7.78. The number of hydrogen-bond acceptors (Lipinski definition) is 5. The van der Waals surface area contributed by atoms with Crippen LogP contribution in [0.4, 0.5) is 0 Å². The Bertz CT molecular complexity index is 665. The lowest BCUT2D eigenvalue weighted by atomic mass is 10.2. The minimum Gasteiger partial charge on any atom is -0.348 e. The van der Waals surface area contributed by atoms with Crippen LogP contribution in [0.1, 0.15) is 22.0 Å². The Hall–Kier alpha value is -1.45. The van der Waals surface area contributed by atoms with Crippen molar-refractivity contribution in [3.05, 3.63) is 17.2 Å². The van der Waals surface area contributed by atoms with Crippen LogP contribution in [0, 0.1) is 0 Å². The molecule has 0 saturated heterocycles. The number of sulfonamides is 1. The fourth-order valence-corrected chi connectivity index (χ4v) is 3.24. The van der Waals surface area contributed by atoms with Crippen LogP contribution in [-0.2, 0) is 30.0 Å². The molecule has 1 aromatic rings. The van der Waals surface area contributed by atoms with Crippen molar-refractivity contribution in [1.82, 2.24) is 24.1 Å². The van der Waals surface area contributed by atoms with Gasteiger partial charge in [-0.25, -0.2) is 13.4 Å². The van der Waals surface area contributed by atoms with Gasteiger partial charge in [0, 0.05) is 38.8 Å². The third-order valence-corrected chi connectivity index (χ3v) is 4.99. The molecule has 0 saturated carbocycles. The summed E-state index contributed by atoms with van der Waals surface area (Å²) < 4.78 is 26.4. The molecule has 0 unspecified atom stereocenters. The van der Waals surface area contributed by atoms with E-state index < -0.39 is 10.0 Å².